The van der Waals surface area contributed by atoms with Crippen LogP contribution in [0.1, 0.15) is 11.9 Å². The van der Waals surface area contributed by atoms with Gasteiger partial charge >= 0.3 is 0 Å². The van der Waals surface area contributed by atoms with E-state index >= 15 is 0 Å². The molecule has 30 heavy (non-hydrogen) atoms. The molecule has 4 heterocycles. The molecule has 5 N–H and O–H groups in total. The summed E-state index contributed by atoms with van der Waals surface area (Å²) in [5.74, 6) is 0.883. The minimum Gasteiger partial charge on any atom is -0.389 e. The molecular weight excluding hydrogens is 386 g/mol. The molecule has 1 aliphatic rings. The predicted octanol–water partition coefficient (Wildman–Crippen LogP) is 0.0932. The van der Waals surface area contributed by atoms with Crippen LogP contribution in [0.2, 0.25) is 0 Å². The van der Waals surface area contributed by atoms with Crippen molar-refractivity contribution in [3.8, 4) is 0 Å². The lowest BCUT2D eigenvalue weighted by molar-refractivity contribution is -0.131. The monoisotopic (exact) mass is 407 g/mol. The van der Waals surface area contributed by atoms with Gasteiger partial charge in [-0.15, -0.1) is 0 Å². The van der Waals surface area contributed by atoms with Crippen LogP contribution in [0.4, 0.5) is 11.8 Å². The number of carbonyl (C=O) groups is 1. The van der Waals surface area contributed by atoms with Crippen LogP contribution in [-0.4, -0.2) is 64.2 Å². The molecule has 4 aromatic rings. The van der Waals surface area contributed by atoms with Crippen molar-refractivity contribution in [1.29, 1.82) is 0 Å². The summed E-state index contributed by atoms with van der Waals surface area (Å²) in [5, 5.41) is 10.7. The highest BCUT2D eigenvalue weighted by molar-refractivity contribution is 5.83. The second-order valence-electron chi connectivity index (χ2n) is 7.46. The first kappa shape index (κ1) is 18.3. The van der Waals surface area contributed by atoms with E-state index in [9.17, 15) is 9.90 Å². The van der Waals surface area contributed by atoms with Crippen molar-refractivity contribution in [2.24, 2.45) is 0 Å². The van der Waals surface area contributed by atoms with Crippen molar-refractivity contribution < 1.29 is 9.90 Å². The lowest BCUT2D eigenvalue weighted by atomic mass is 10.2. The number of hydrogen-bond donors (Lipinski definition) is 3. The molecular formula is C19H21N9O2. The number of hydrogen-bond acceptors (Lipinski definition) is 8. The minimum atomic E-state index is -0.774. The molecule has 1 amide bonds. The van der Waals surface area contributed by atoms with Gasteiger partial charge in [-0.25, -0.2) is 9.97 Å². The Balaban J connectivity index is 1.40. The van der Waals surface area contributed by atoms with Crippen molar-refractivity contribution in [2.45, 2.75) is 25.6 Å². The van der Waals surface area contributed by atoms with Crippen molar-refractivity contribution in [3.05, 3.63) is 36.4 Å². The Morgan fingerprint density at radius 1 is 1.20 bits per heavy atom. The first-order valence-electron chi connectivity index (χ1n) is 9.55. The van der Waals surface area contributed by atoms with Crippen LogP contribution in [0.3, 0.4) is 0 Å². The number of fused-ring (bicyclic) bond motifs is 2. The van der Waals surface area contributed by atoms with Crippen LogP contribution in [-0.2, 0) is 11.3 Å². The molecule has 1 saturated heterocycles. The molecule has 1 aliphatic heterocycles. The van der Waals surface area contributed by atoms with Crippen LogP contribution < -0.4 is 11.5 Å². The summed E-state index contributed by atoms with van der Waals surface area (Å²) in [6.07, 6.45) is 0.772. The molecule has 1 aromatic carbocycles. The lowest BCUT2D eigenvalue weighted by Crippen LogP contribution is -2.33. The third-order valence-corrected chi connectivity index (χ3v) is 5.57. The molecule has 0 spiro atoms. The standard InChI is InChI=1S/C19H21N9O2/c1-10-23-11-4-2-3-5-12(11)27(10)8-15(30)26-6-13(14(29)7-26)28-9-22-16-17(20)24-19(21)25-18(16)28/h2-5,9,13-14,29H,6-8H2,1H3,(H4,20,21,24,25)/t13-,14-/m0/s1. The van der Waals surface area contributed by atoms with E-state index in [0.29, 0.717) is 17.7 Å². The van der Waals surface area contributed by atoms with Gasteiger partial charge in [-0.2, -0.15) is 9.97 Å². The number of amides is 1. The van der Waals surface area contributed by atoms with E-state index in [0.717, 1.165) is 16.9 Å². The Labute approximate surface area is 171 Å². The number of aryl methyl sites for hydroxylation is 1. The summed E-state index contributed by atoms with van der Waals surface area (Å²) in [6, 6.07) is 7.29. The molecule has 2 atom stereocenters. The number of nitrogens with two attached hydrogens (primary N) is 2. The Hall–Kier alpha value is -3.73. The maximum atomic E-state index is 13.0. The number of para-hydroxylation sites is 2. The Morgan fingerprint density at radius 2 is 2.00 bits per heavy atom. The molecule has 0 radical (unpaired) electrons. The number of anilines is 2. The van der Waals surface area contributed by atoms with E-state index in [4.69, 9.17) is 11.5 Å². The van der Waals surface area contributed by atoms with Crippen molar-refractivity contribution in [3.63, 3.8) is 0 Å². The smallest absolute Gasteiger partial charge is 0.242 e. The number of benzene rings is 1. The average Bonchev–Trinajstić information content (AvgIpc) is 3.37. The molecule has 11 nitrogen and oxygen atoms in total. The van der Waals surface area contributed by atoms with Gasteiger partial charge in [0.15, 0.2) is 11.5 Å². The Morgan fingerprint density at radius 3 is 2.83 bits per heavy atom. The number of β-amino-alcohol motifs (C(OH)–C–C–N with tert-alkyl or cyclic N) is 1. The first-order chi connectivity index (χ1) is 14.4. The van der Waals surface area contributed by atoms with Gasteiger partial charge in [-0.3, -0.25) is 4.79 Å². The van der Waals surface area contributed by atoms with Gasteiger partial charge in [0.05, 0.1) is 29.5 Å². The molecule has 0 saturated carbocycles. The number of carbonyl (C=O) groups excluding carboxylic acids is 1. The van der Waals surface area contributed by atoms with Crippen LogP contribution in [0, 0.1) is 6.92 Å². The number of aliphatic hydroxyl groups is 1. The maximum absolute atomic E-state index is 13.0. The zero-order valence-electron chi connectivity index (χ0n) is 16.3. The van der Waals surface area contributed by atoms with Crippen molar-refractivity contribution in [1.82, 2.24) is 34.0 Å². The summed E-state index contributed by atoms with van der Waals surface area (Å²) >= 11 is 0. The highest BCUT2D eigenvalue weighted by Gasteiger charge is 2.36. The summed E-state index contributed by atoms with van der Waals surface area (Å²) in [4.78, 5) is 31.5. The van der Waals surface area contributed by atoms with Crippen LogP contribution in [0.15, 0.2) is 30.6 Å². The maximum Gasteiger partial charge on any atom is 0.242 e. The third-order valence-electron chi connectivity index (χ3n) is 5.57. The largest absolute Gasteiger partial charge is 0.389 e. The van der Waals surface area contributed by atoms with E-state index in [1.165, 1.54) is 0 Å². The molecule has 5 rings (SSSR count). The van der Waals surface area contributed by atoms with E-state index in [1.54, 1.807) is 15.8 Å². The van der Waals surface area contributed by atoms with Gasteiger partial charge < -0.3 is 30.6 Å². The molecule has 3 aromatic heterocycles. The second-order valence-corrected chi connectivity index (χ2v) is 7.46. The number of likely N-dealkylation sites (tertiary alicyclic amines) is 1. The fourth-order valence-electron chi connectivity index (χ4n) is 4.08. The number of aliphatic hydroxyl groups excluding tert-OH is 1. The molecule has 154 valence electrons. The Bertz CT molecular complexity index is 1280. The van der Waals surface area contributed by atoms with Crippen molar-refractivity contribution >= 4 is 39.9 Å². The van der Waals surface area contributed by atoms with Gasteiger partial charge in [0.25, 0.3) is 0 Å². The Kier molecular flexibility index (Phi) is 4.07. The van der Waals surface area contributed by atoms with Gasteiger partial charge in [0.2, 0.25) is 11.9 Å². The highest BCUT2D eigenvalue weighted by Crippen LogP contribution is 2.28. The van der Waals surface area contributed by atoms with Crippen LogP contribution in [0.25, 0.3) is 22.2 Å². The molecule has 11 heteroatoms. The number of imidazole rings is 2. The molecule has 0 aliphatic carbocycles. The quantitative estimate of drug-likeness (QED) is 0.432. The fraction of sp³-hybridized carbons (Fsp3) is 0.316. The number of rotatable bonds is 3. The number of nitrogen functional groups attached to an aromatic ring is 2. The number of aromatic nitrogens is 6. The fourth-order valence-corrected chi connectivity index (χ4v) is 4.08. The third kappa shape index (κ3) is 2.82. The lowest BCUT2D eigenvalue weighted by Gasteiger charge is -2.18. The summed E-state index contributed by atoms with van der Waals surface area (Å²) < 4.78 is 3.60. The summed E-state index contributed by atoms with van der Waals surface area (Å²) in [5.41, 5.74) is 14.2. The van der Waals surface area contributed by atoms with Crippen LogP contribution >= 0.6 is 0 Å². The number of nitrogens with zero attached hydrogens (tertiary/aromatic N) is 7. The van der Waals surface area contributed by atoms with E-state index in [2.05, 4.69) is 19.9 Å². The van der Waals surface area contributed by atoms with Gasteiger partial charge in [-0.1, -0.05) is 12.1 Å². The van der Waals surface area contributed by atoms with E-state index in [1.807, 2.05) is 35.8 Å². The summed E-state index contributed by atoms with van der Waals surface area (Å²) in [6.45, 7) is 2.56. The normalized spacial score (nSPS) is 19.2. The second kappa shape index (κ2) is 6.66. The van der Waals surface area contributed by atoms with Gasteiger partial charge in [0.1, 0.15) is 17.9 Å². The first-order valence-corrected chi connectivity index (χ1v) is 9.55. The van der Waals surface area contributed by atoms with Crippen molar-refractivity contribution in [2.75, 3.05) is 24.6 Å². The SMILES string of the molecule is Cc1nc2ccccc2n1CC(=O)N1C[C@H](O)[C@@H](n2cnc3c(N)nc(N)nc32)C1. The average molecular weight is 407 g/mol. The minimum absolute atomic E-state index is 0.0321. The topological polar surface area (TPSA) is 154 Å². The zero-order valence-corrected chi connectivity index (χ0v) is 16.3. The van der Waals surface area contributed by atoms with E-state index < -0.39 is 12.1 Å². The van der Waals surface area contributed by atoms with E-state index in [-0.39, 0.29) is 30.8 Å². The van der Waals surface area contributed by atoms with Crippen LogP contribution in [0.5, 0.6) is 0 Å². The zero-order chi connectivity index (χ0) is 21.0. The molecule has 0 bridgehead atoms. The molecule has 1 fully saturated rings. The summed E-state index contributed by atoms with van der Waals surface area (Å²) in [7, 11) is 0. The highest BCUT2D eigenvalue weighted by atomic mass is 16.3. The van der Waals surface area contributed by atoms with Gasteiger partial charge in [0, 0.05) is 13.1 Å². The molecule has 0 unspecified atom stereocenters. The predicted molar refractivity (Wildman–Crippen MR) is 110 cm³/mol. The van der Waals surface area contributed by atoms with Gasteiger partial charge in [-0.05, 0) is 19.1 Å².